The summed E-state index contributed by atoms with van der Waals surface area (Å²) >= 11 is 3.37. The summed E-state index contributed by atoms with van der Waals surface area (Å²) in [6.45, 7) is 2.62. The van der Waals surface area contributed by atoms with Crippen LogP contribution in [-0.4, -0.2) is 16.6 Å². The highest BCUT2D eigenvalue weighted by molar-refractivity contribution is 9.10. The largest absolute Gasteiger partial charge is 0.501 e. The van der Waals surface area contributed by atoms with Crippen molar-refractivity contribution in [2.45, 2.75) is 6.92 Å². The molecule has 0 aromatic carbocycles. The number of nitrogens with zero attached hydrogens (tertiary/aromatic N) is 2. The van der Waals surface area contributed by atoms with Gasteiger partial charge in [-0.05, 0) is 46.6 Å². The smallest absolute Gasteiger partial charge is 0.0898 e. The van der Waals surface area contributed by atoms with Gasteiger partial charge in [-0.15, -0.1) is 0 Å². The number of hydrogen-bond acceptors (Lipinski definition) is 3. The van der Waals surface area contributed by atoms with E-state index in [1.54, 1.807) is 18.7 Å². The van der Waals surface area contributed by atoms with Crippen LogP contribution in [0, 0.1) is 0 Å². The van der Waals surface area contributed by atoms with Crippen LogP contribution in [0.4, 0.5) is 0 Å². The van der Waals surface area contributed by atoms with Crippen molar-refractivity contribution in [3.63, 3.8) is 0 Å². The predicted molar refractivity (Wildman–Crippen MR) is 67.9 cm³/mol. The summed E-state index contributed by atoms with van der Waals surface area (Å²) in [4.78, 5) is 8.61. The minimum Gasteiger partial charge on any atom is -0.501 e. The number of pyridine rings is 2. The van der Waals surface area contributed by atoms with E-state index in [2.05, 4.69) is 25.9 Å². The second-order valence-corrected chi connectivity index (χ2v) is 4.13. The summed E-state index contributed by atoms with van der Waals surface area (Å²) in [5.74, 6) is 0. The summed E-state index contributed by atoms with van der Waals surface area (Å²) < 4.78 is 6.07. The summed E-state index contributed by atoms with van der Waals surface area (Å²) in [5, 5.41) is 0. The molecule has 82 valence electrons. The van der Waals surface area contributed by atoms with E-state index in [-0.39, 0.29) is 0 Å². The number of hydrogen-bond donors (Lipinski definition) is 0. The number of fused-ring (bicyclic) bond motifs is 1. The second kappa shape index (κ2) is 5.07. The Hall–Kier alpha value is -1.42. The lowest BCUT2D eigenvalue weighted by molar-refractivity contribution is 0.272. The van der Waals surface area contributed by atoms with Crippen molar-refractivity contribution in [2.24, 2.45) is 0 Å². The normalized spacial score (nSPS) is 11.1. The molecule has 0 saturated carbocycles. The van der Waals surface area contributed by atoms with Crippen LogP contribution >= 0.6 is 15.9 Å². The molecule has 0 aliphatic carbocycles. The molecule has 0 radical (unpaired) electrons. The maximum absolute atomic E-state index is 5.13. The number of halogens is 1. The van der Waals surface area contributed by atoms with Crippen LogP contribution in [0.1, 0.15) is 12.5 Å². The lowest BCUT2D eigenvalue weighted by Crippen LogP contribution is -1.85. The topological polar surface area (TPSA) is 35.0 Å². The monoisotopic (exact) mass is 278 g/mol. The van der Waals surface area contributed by atoms with E-state index in [0.29, 0.717) is 6.61 Å². The highest BCUT2D eigenvalue weighted by Gasteiger charge is 1.98. The zero-order chi connectivity index (χ0) is 11.4. The number of rotatable bonds is 3. The lowest BCUT2D eigenvalue weighted by atomic mass is 10.2. The molecule has 0 fully saturated rings. The van der Waals surface area contributed by atoms with E-state index in [4.69, 9.17) is 4.74 Å². The molecular weight excluding hydrogens is 268 g/mol. The van der Waals surface area contributed by atoms with Crippen LogP contribution in [0.25, 0.3) is 17.1 Å². The third-order valence-electron chi connectivity index (χ3n) is 2.04. The maximum atomic E-state index is 5.13. The van der Waals surface area contributed by atoms with E-state index in [0.717, 1.165) is 21.1 Å². The van der Waals surface area contributed by atoms with Crippen molar-refractivity contribution in [2.75, 3.05) is 6.61 Å². The fraction of sp³-hybridized carbons (Fsp3) is 0.167. The lowest BCUT2D eigenvalue weighted by Gasteiger charge is -1.99. The first-order valence-electron chi connectivity index (χ1n) is 4.99. The van der Waals surface area contributed by atoms with Crippen molar-refractivity contribution in [3.8, 4) is 0 Å². The molecule has 3 nitrogen and oxygen atoms in total. The van der Waals surface area contributed by atoms with Gasteiger partial charge < -0.3 is 4.74 Å². The van der Waals surface area contributed by atoms with Crippen molar-refractivity contribution in [3.05, 3.63) is 40.8 Å². The maximum Gasteiger partial charge on any atom is 0.0898 e. The molecule has 0 amide bonds. The van der Waals surface area contributed by atoms with E-state index in [1.165, 1.54) is 0 Å². The minimum absolute atomic E-state index is 0.669. The van der Waals surface area contributed by atoms with Crippen LogP contribution in [0.3, 0.4) is 0 Å². The molecule has 2 aromatic rings. The van der Waals surface area contributed by atoms with Crippen molar-refractivity contribution >= 4 is 33.0 Å². The summed E-state index contributed by atoms with van der Waals surface area (Å²) in [7, 11) is 0. The van der Waals surface area contributed by atoms with E-state index in [1.807, 2.05) is 25.1 Å². The first-order valence-corrected chi connectivity index (χ1v) is 5.78. The molecule has 0 atom stereocenters. The van der Waals surface area contributed by atoms with Crippen molar-refractivity contribution < 1.29 is 4.74 Å². The third kappa shape index (κ3) is 2.58. The molecule has 0 bridgehead atoms. The molecule has 0 unspecified atom stereocenters. The fourth-order valence-electron chi connectivity index (χ4n) is 1.31. The average molecular weight is 279 g/mol. The first kappa shape index (κ1) is 11.1. The number of ether oxygens (including phenoxy) is 1. The molecule has 0 N–H and O–H groups in total. The molecule has 2 heterocycles. The van der Waals surface area contributed by atoms with Gasteiger partial charge in [0.2, 0.25) is 0 Å². The molecule has 0 spiro atoms. The quantitative estimate of drug-likeness (QED) is 0.808. The molecule has 4 heteroatoms. The Kier molecular flexibility index (Phi) is 3.51. The van der Waals surface area contributed by atoms with Gasteiger partial charge in [-0.25, -0.2) is 0 Å². The fourth-order valence-corrected chi connectivity index (χ4v) is 1.63. The van der Waals surface area contributed by atoms with Gasteiger partial charge in [-0.2, -0.15) is 0 Å². The highest BCUT2D eigenvalue weighted by atomic mass is 79.9. The van der Waals surface area contributed by atoms with Crippen LogP contribution in [0.5, 0.6) is 0 Å². The minimum atomic E-state index is 0.669. The Labute approximate surface area is 102 Å². The van der Waals surface area contributed by atoms with Crippen LogP contribution in [0.2, 0.25) is 0 Å². The number of aromatic nitrogens is 2. The van der Waals surface area contributed by atoms with Gasteiger partial charge in [0.25, 0.3) is 0 Å². The van der Waals surface area contributed by atoms with Crippen molar-refractivity contribution in [1.82, 2.24) is 9.97 Å². The van der Waals surface area contributed by atoms with Crippen LogP contribution in [0.15, 0.2) is 35.3 Å². The van der Waals surface area contributed by atoms with Gasteiger partial charge in [0, 0.05) is 16.9 Å². The highest BCUT2D eigenvalue weighted by Crippen LogP contribution is 2.16. The van der Waals surface area contributed by atoms with Crippen LogP contribution in [-0.2, 0) is 4.74 Å². The standard InChI is InChI=1S/C12H11BrN2O/c1-2-16-4-3-9-5-11-12(14-7-9)6-10(13)8-15-11/h3-8H,2H2,1H3/b4-3+. The third-order valence-corrected chi connectivity index (χ3v) is 2.48. The summed E-state index contributed by atoms with van der Waals surface area (Å²) in [6.07, 6.45) is 7.10. The van der Waals surface area contributed by atoms with E-state index in [9.17, 15) is 0 Å². The van der Waals surface area contributed by atoms with E-state index < -0.39 is 0 Å². The Morgan fingerprint density at radius 2 is 2.00 bits per heavy atom. The van der Waals surface area contributed by atoms with Gasteiger partial charge >= 0.3 is 0 Å². The van der Waals surface area contributed by atoms with Crippen LogP contribution < -0.4 is 0 Å². The average Bonchev–Trinajstić information content (AvgIpc) is 2.29. The molecule has 0 aliphatic heterocycles. The SMILES string of the molecule is CCO/C=C/c1cnc2cc(Br)cnc2c1. The predicted octanol–water partition coefficient (Wildman–Crippen LogP) is 3.40. The molecule has 2 aromatic heterocycles. The Balaban J connectivity index is 2.33. The van der Waals surface area contributed by atoms with Gasteiger partial charge in [0.15, 0.2) is 0 Å². The van der Waals surface area contributed by atoms with Gasteiger partial charge in [0.05, 0.1) is 23.9 Å². The molecule has 16 heavy (non-hydrogen) atoms. The van der Waals surface area contributed by atoms with Gasteiger partial charge in [-0.1, -0.05) is 0 Å². The zero-order valence-corrected chi connectivity index (χ0v) is 10.4. The summed E-state index contributed by atoms with van der Waals surface area (Å²) in [5.41, 5.74) is 2.74. The molecular formula is C12H11BrN2O. The Bertz CT molecular complexity index is 525. The summed E-state index contributed by atoms with van der Waals surface area (Å²) in [6, 6.07) is 3.92. The Morgan fingerprint density at radius 3 is 2.81 bits per heavy atom. The first-order chi connectivity index (χ1) is 7.79. The second-order valence-electron chi connectivity index (χ2n) is 3.22. The molecule has 0 aliphatic rings. The van der Waals surface area contributed by atoms with Gasteiger partial charge in [-0.3, -0.25) is 9.97 Å². The van der Waals surface area contributed by atoms with E-state index >= 15 is 0 Å². The molecule has 2 rings (SSSR count). The van der Waals surface area contributed by atoms with Crippen molar-refractivity contribution in [1.29, 1.82) is 0 Å². The van der Waals surface area contributed by atoms with Gasteiger partial charge in [0.1, 0.15) is 0 Å². The zero-order valence-electron chi connectivity index (χ0n) is 8.85. The Morgan fingerprint density at radius 1 is 1.25 bits per heavy atom. The molecule has 0 saturated heterocycles.